The summed E-state index contributed by atoms with van der Waals surface area (Å²) in [6.07, 6.45) is 2.71. The molecule has 4 aromatic carbocycles. The predicted molar refractivity (Wildman–Crippen MR) is 181 cm³/mol. The number of sulfonamides is 1. The maximum absolute atomic E-state index is 13.7. The van der Waals surface area contributed by atoms with Crippen LogP contribution in [0.2, 0.25) is 10.0 Å². The van der Waals surface area contributed by atoms with Crippen molar-refractivity contribution in [2.24, 2.45) is 0 Å². The number of hydrogen-bond donors (Lipinski definition) is 0. The van der Waals surface area contributed by atoms with Crippen LogP contribution in [0.1, 0.15) is 36.3 Å². The molecular formula is C35H36Cl2N2O3S2. The third-order valence-corrected chi connectivity index (χ3v) is 13.5. The van der Waals surface area contributed by atoms with Gasteiger partial charge in [-0.15, -0.1) is 0 Å². The van der Waals surface area contributed by atoms with Gasteiger partial charge < -0.3 is 9.45 Å². The Labute approximate surface area is 274 Å². The number of nitrogens with zero attached hydrogens (tertiary/aromatic N) is 2. The number of likely N-dealkylation sites (N-methyl/N-ethyl adjacent to an activating group) is 1. The van der Waals surface area contributed by atoms with E-state index in [0.29, 0.717) is 22.3 Å². The first kappa shape index (κ1) is 31.6. The lowest BCUT2D eigenvalue weighted by Crippen LogP contribution is -2.44. The van der Waals surface area contributed by atoms with Crippen LogP contribution in [0.15, 0.2) is 107 Å². The monoisotopic (exact) mass is 666 g/mol. The van der Waals surface area contributed by atoms with Crippen LogP contribution >= 0.6 is 23.2 Å². The Hall–Kier alpha value is -2.36. The average molecular weight is 668 g/mol. The van der Waals surface area contributed by atoms with Gasteiger partial charge in [0, 0.05) is 24.6 Å². The number of hydrogen-bond acceptors (Lipinski definition) is 4. The highest BCUT2D eigenvalue weighted by molar-refractivity contribution is 7.91. The second kappa shape index (κ2) is 13.2. The molecule has 0 aromatic heterocycles. The lowest BCUT2D eigenvalue weighted by molar-refractivity contribution is 0.165. The van der Waals surface area contributed by atoms with Crippen LogP contribution in [0, 0.1) is 0 Å². The van der Waals surface area contributed by atoms with Crippen LogP contribution in [-0.2, 0) is 26.6 Å². The number of halogens is 2. The van der Waals surface area contributed by atoms with Crippen molar-refractivity contribution >= 4 is 44.4 Å². The van der Waals surface area contributed by atoms with Gasteiger partial charge >= 0.3 is 0 Å². The average Bonchev–Trinajstić information content (AvgIpc) is 3.32. The van der Waals surface area contributed by atoms with Gasteiger partial charge in [0.2, 0.25) is 10.0 Å². The molecule has 230 valence electrons. The summed E-state index contributed by atoms with van der Waals surface area (Å²) < 4.78 is 41.7. The van der Waals surface area contributed by atoms with Crippen LogP contribution < -0.4 is 0 Å². The smallest absolute Gasteiger partial charge is 0.242 e. The minimum Gasteiger partial charge on any atom is -0.611 e. The highest BCUT2D eigenvalue weighted by Gasteiger charge is 2.48. The molecule has 2 aliphatic heterocycles. The Morgan fingerprint density at radius 3 is 2.25 bits per heavy atom. The summed E-state index contributed by atoms with van der Waals surface area (Å²) in [5, 5.41) is 0.938. The summed E-state index contributed by atoms with van der Waals surface area (Å²) in [4.78, 5) is 3.72. The van der Waals surface area contributed by atoms with Crippen molar-refractivity contribution in [1.29, 1.82) is 0 Å². The summed E-state index contributed by atoms with van der Waals surface area (Å²) in [7, 11) is -2.07. The molecule has 0 bridgehead atoms. The van der Waals surface area contributed by atoms with E-state index in [-0.39, 0.29) is 16.2 Å². The lowest BCUT2D eigenvalue weighted by atomic mass is 9.74. The molecule has 0 aliphatic carbocycles. The highest BCUT2D eigenvalue weighted by atomic mass is 35.5. The molecule has 0 amide bonds. The van der Waals surface area contributed by atoms with Gasteiger partial charge in [-0.25, -0.2) is 12.7 Å². The second-order valence-corrected chi connectivity index (χ2v) is 16.2. The third kappa shape index (κ3) is 6.47. The molecule has 1 saturated heterocycles. The molecule has 0 saturated carbocycles. The Morgan fingerprint density at radius 2 is 1.55 bits per heavy atom. The molecule has 44 heavy (non-hydrogen) atoms. The van der Waals surface area contributed by atoms with Gasteiger partial charge in [-0.1, -0.05) is 89.9 Å². The third-order valence-electron chi connectivity index (χ3n) is 9.28. The van der Waals surface area contributed by atoms with Gasteiger partial charge in [0.15, 0.2) is 4.90 Å². The summed E-state index contributed by atoms with van der Waals surface area (Å²) in [5.41, 5.74) is 4.23. The van der Waals surface area contributed by atoms with E-state index in [4.69, 9.17) is 23.2 Å². The van der Waals surface area contributed by atoms with Gasteiger partial charge in [0.1, 0.15) is 5.75 Å². The number of benzene rings is 4. The van der Waals surface area contributed by atoms with Gasteiger partial charge in [-0.3, -0.25) is 0 Å². The minimum absolute atomic E-state index is 0.00852. The van der Waals surface area contributed by atoms with Gasteiger partial charge in [0.05, 0.1) is 14.9 Å². The van der Waals surface area contributed by atoms with Crippen LogP contribution in [-0.4, -0.2) is 61.2 Å². The zero-order valence-electron chi connectivity index (χ0n) is 24.7. The number of piperidine rings is 1. The Balaban J connectivity index is 1.15. The molecule has 4 aromatic rings. The van der Waals surface area contributed by atoms with E-state index in [2.05, 4.69) is 17.0 Å². The molecule has 2 heterocycles. The first-order valence-corrected chi connectivity index (χ1v) is 18.4. The van der Waals surface area contributed by atoms with E-state index in [1.54, 1.807) is 25.2 Å². The largest absolute Gasteiger partial charge is 0.611 e. The molecule has 2 unspecified atom stereocenters. The summed E-state index contributed by atoms with van der Waals surface area (Å²) in [5.74, 6) is 0.630. The predicted octanol–water partition coefficient (Wildman–Crippen LogP) is 7.61. The Kier molecular flexibility index (Phi) is 9.46. The quantitative estimate of drug-likeness (QED) is 0.173. The topological polar surface area (TPSA) is 63.7 Å². The van der Waals surface area contributed by atoms with Crippen molar-refractivity contribution < 1.29 is 13.0 Å². The maximum atomic E-state index is 13.7. The highest BCUT2D eigenvalue weighted by Crippen LogP contribution is 2.46. The van der Waals surface area contributed by atoms with E-state index < -0.39 is 21.2 Å². The van der Waals surface area contributed by atoms with Gasteiger partial charge in [-0.2, -0.15) is 0 Å². The second-order valence-electron chi connectivity index (χ2n) is 11.9. The van der Waals surface area contributed by atoms with Crippen LogP contribution in [0.3, 0.4) is 0 Å². The van der Waals surface area contributed by atoms with Crippen molar-refractivity contribution in [2.75, 3.05) is 39.0 Å². The van der Waals surface area contributed by atoms with Crippen molar-refractivity contribution in [3.63, 3.8) is 0 Å². The van der Waals surface area contributed by atoms with Crippen molar-refractivity contribution in [3.8, 4) is 11.1 Å². The molecule has 0 N–H and O–H groups in total. The van der Waals surface area contributed by atoms with E-state index >= 15 is 0 Å². The fourth-order valence-corrected chi connectivity index (χ4v) is 10.0. The molecule has 0 radical (unpaired) electrons. The normalized spacial score (nSPS) is 18.9. The molecule has 1 fully saturated rings. The van der Waals surface area contributed by atoms with E-state index in [1.165, 1.54) is 9.87 Å². The number of rotatable bonds is 9. The maximum Gasteiger partial charge on any atom is 0.242 e. The zero-order valence-corrected chi connectivity index (χ0v) is 27.8. The Bertz CT molecular complexity index is 1710. The van der Waals surface area contributed by atoms with Crippen molar-refractivity contribution in [2.45, 2.75) is 40.4 Å². The molecule has 2 aliphatic rings. The Morgan fingerprint density at radius 1 is 0.886 bits per heavy atom. The van der Waals surface area contributed by atoms with Crippen LogP contribution in [0.25, 0.3) is 11.1 Å². The molecule has 1 spiro atoms. The zero-order chi connectivity index (χ0) is 30.9. The van der Waals surface area contributed by atoms with Gasteiger partial charge in [0.25, 0.3) is 0 Å². The summed E-state index contributed by atoms with van der Waals surface area (Å²) in [6, 6.07) is 30.8. The fourth-order valence-electron chi connectivity index (χ4n) is 6.63. The standard InChI is InChI=1S/C35H36Cl2N2O3S2/c1-38(44(41,42)30-14-11-27(12-15-30)26-7-3-2-4-8-26)24-29(28-13-16-32(36)33(37)23-28)17-20-39-21-18-35(19-22-39)25-43(40)34-10-6-5-9-31(34)35/h2-16,23,29H,17-22,24-25H2,1H3. The number of fused-ring (bicyclic) bond motifs is 2. The van der Waals surface area contributed by atoms with E-state index in [1.807, 2.05) is 66.7 Å². The van der Waals surface area contributed by atoms with E-state index in [0.717, 1.165) is 60.5 Å². The number of likely N-dealkylation sites (tertiary alicyclic amines) is 1. The van der Waals surface area contributed by atoms with Crippen molar-refractivity contribution in [3.05, 3.63) is 118 Å². The molecule has 6 rings (SSSR count). The minimum atomic E-state index is -3.72. The van der Waals surface area contributed by atoms with Crippen molar-refractivity contribution in [1.82, 2.24) is 9.21 Å². The van der Waals surface area contributed by atoms with Crippen LogP contribution in [0.4, 0.5) is 0 Å². The summed E-state index contributed by atoms with van der Waals surface area (Å²) in [6.45, 7) is 2.97. The molecule has 5 nitrogen and oxygen atoms in total. The fraction of sp³-hybridized carbons (Fsp3) is 0.314. The molecule has 2 atom stereocenters. The first-order valence-electron chi connectivity index (χ1n) is 14.9. The SMILES string of the molecule is CN(CC(CCN1CCC2(CC1)C[S+]([O-])c1ccccc12)c1ccc(Cl)c(Cl)c1)S(=O)(=O)c1ccc(-c2ccccc2)cc1. The van der Waals surface area contributed by atoms with E-state index in [9.17, 15) is 13.0 Å². The lowest BCUT2D eigenvalue weighted by Gasteiger charge is -2.38. The molecular weight excluding hydrogens is 631 g/mol. The summed E-state index contributed by atoms with van der Waals surface area (Å²) >= 11 is 11.7. The first-order chi connectivity index (χ1) is 21.2. The van der Waals surface area contributed by atoms with Gasteiger partial charge in [-0.05, 0) is 103 Å². The molecule has 9 heteroatoms. The van der Waals surface area contributed by atoms with Crippen LogP contribution in [0.5, 0.6) is 0 Å².